The van der Waals surface area contributed by atoms with Crippen molar-refractivity contribution in [1.82, 2.24) is 0 Å². The van der Waals surface area contributed by atoms with Gasteiger partial charge < -0.3 is 9.47 Å². The molecule has 0 aliphatic rings. The van der Waals surface area contributed by atoms with E-state index in [0.29, 0.717) is 17.7 Å². The van der Waals surface area contributed by atoms with E-state index in [2.05, 4.69) is 6.92 Å². The van der Waals surface area contributed by atoms with Crippen LogP contribution in [-0.2, 0) is 4.74 Å². The van der Waals surface area contributed by atoms with Gasteiger partial charge in [-0.05, 0) is 37.1 Å². The Morgan fingerprint density at radius 1 is 1.35 bits per heavy atom. The van der Waals surface area contributed by atoms with Crippen molar-refractivity contribution in [3.63, 3.8) is 0 Å². The summed E-state index contributed by atoms with van der Waals surface area (Å²) in [7, 11) is 1.58. The smallest absolute Gasteiger partial charge is 0.339 e. The molecule has 0 bridgehead atoms. The lowest BCUT2D eigenvalue weighted by atomic mass is 10.2. The number of ether oxygens (including phenoxy) is 2. The fourth-order valence-electron chi connectivity index (χ4n) is 1.33. The third kappa shape index (κ3) is 4.65. The molecule has 0 N–H and O–H groups in total. The first-order chi connectivity index (χ1) is 8.17. The molecule has 1 rings (SSSR count). The van der Waals surface area contributed by atoms with Crippen LogP contribution in [0.15, 0.2) is 24.3 Å². The number of hydrogen-bond acceptors (Lipinski definition) is 3. The Kier molecular flexibility index (Phi) is 5.84. The molecule has 0 aliphatic heterocycles. The molecule has 0 saturated heterocycles. The molecular weight excluding hydrogens is 240 g/mol. The second-order valence-corrected chi connectivity index (χ2v) is 4.17. The molecule has 1 unspecified atom stereocenters. The van der Waals surface area contributed by atoms with E-state index in [1.54, 1.807) is 31.4 Å². The van der Waals surface area contributed by atoms with Crippen LogP contribution < -0.4 is 4.74 Å². The van der Waals surface area contributed by atoms with Crippen LogP contribution in [0.25, 0.3) is 0 Å². The van der Waals surface area contributed by atoms with E-state index >= 15 is 0 Å². The summed E-state index contributed by atoms with van der Waals surface area (Å²) in [5.74, 6) is 0.304. The average Bonchev–Trinajstić information content (AvgIpc) is 2.36. The first-order valence-corrected chi connectivity index (χ1v) is 6.10. The maximum Gasteiger partial charge on any atom is 0.339 e. The van der Waals surface area contributed by atoms with Crippen molar-refractivity contribution >= 4 is 17.6 Å². The quantitative estimate of drug-likeness (QED) is 0.576. The van der Waals surface area contributed by atoms with Crippen LogP contribution >= 0.6 is 11.6 Å². The molecule has 0 aromatic heterocycles. The monoisotopic (exact) mass is 256 g/mol. The highest BCUT2D eigenvalue weighted by Gasteiger charge is 2.12. The van der Waals surface area contributed by atoms with Gasteiger partial charge in [0, 0.05) is 0 Å². The van der Waals surface area contributed by atoms with Gasteiger partial charge in [0.05, 0.1) is 12.7 Å². The molecule has 4 heteroatoms. The van der Waals surface area contributed by atoms with Crippen molar-refractivity contribution in [2.75, 3.05) is 7.11 Å². The van der Waals surface area contributed by atoms with Crippen LogP contribution in [0.3, 0.4) is 0 Å². The van der Waals surface area contributed by atoms with Gasteiger partial charge in [-0.15, -0.1) is 0 Å². The number of carbonyl (C=O) groups is 1. The highest BCUT2D eigenvalue weighted by atomic mass is 35.5. The summed E-state index contributed by atoms with van der Waals surface area (Å²) < 4.78 is 10.1. The third-order valence-corrected chi connectivity index (χ3v) is 2.65. The number of carbonyl (C=O) groups excluding carboxylic acids is 1. The summed E-state index contributed by atoms with van der Waals surface area (Å²) in [5.41, 5.74) is -0.0718. The van der Waals surface area contributed by atoms with Crippen molar-refractivity contribution in [2.45, 2.75) is 31.7 Å². The molecule has 0 fully saturated rings. The second kappa shape index (κ2) is 7.17. The molecular formula is C13H17ClO3. The highest BCUT2D eigenvalue weighted by Crippen LogP contribution is 2.15. The zero-order chi connectivity index (χ0) is 12.7. The Bertz CT molecular complexity index is 348. The molecule has 0 radical (unpaired) electrons. The topological polar surface area (TPSA) is 35.5 Å². The number of rotatable bonds is 6. The van der Waals surface area contributed by atoms with Gasteiger partial charge in [0.1, 0.15) is 5.75 Å². The number of methoxy groups -OCH3 is 1. The van der Waals surface area contributed by atoms with Crippen LogP contribution in [0.2, 0.25) is 0 Å². The fourth-order valence-corrected chi connectivity index (χ4v) is 1.57. The Balaban J connectivity index is 2.51. The van der Waals surface area contributed by atoms with E-state index < -0.39 is 11.5 Å². The van der Waals surface area contributed by atoms with E-state index in [-0.39, 0.29) is 0 Å². The van der Waals surface area contributed by atoms with Crippen molar-refractivity contribution in [3.05, 3.63) is 29.8 Å². The van der Waals surface area contributed by atoms with Gasteiger partial charge in [-0.2, -0.15) is 0 Å². The Morgan fingerprint density at radius 3 is 2.53 bits per heavy atom. The molecule has 0 spiro atoms. The maximum absolute atomic E-state index is 11.7. The number of alkyl halides is 1. The third-order valence-electron chi connectivity index (χ3n) is 2.35. The van der Waals surface area contributed by atoms with Crippen LogP contribution in [0.1, 0.15) is 36.5 Å². The Morgan fingerprint density at radius 2 is 2.00 bits per heavy atom. The molecule has 94 valence electrons. The lowest BCUT2D eigenvalue weighted by molar-refractivity contribution is 0.0434. The summed E-state index contributed by atoms with van der Waals surface area (Å²) >= 11 is 5.90. The first-order valence-electron chi connectivity index (χ1n) is 5.66. The number of halogens is 1. The van der Waals surface area contributed by atoms with Crippen molar-refractivity contribution in [1.29, 1.82) is 0 Å². The summed E-state index contributed by atoms with van der Waals surface area (Å²) in [6.45, 7) is 2.06. The molecule has 0 heterocycles. The van der Waals surface area contributed by atoms with Gasteiger partial charge >= 0.3 is 5.97 Å². The predicted octanol–water partition coefficient (Wildman–Crippen LogP) is 3.61. The minimum atomic E-state index is -0.551. The first kappa shape index (κ1) is 13.8. The average molecular weight is 257 g/mol. The molecule has 17 heavy (non-hydrogen) atoms. The van der Waals surface area contributed by atoms with Gasteiger partial charge in [-0.25, -0.2) is 4.79 Å². The van der Waals surface area contributed by atoms with Crippen molar-refractivity contribution in [3.8, 4) is 5.75 Å². The van der Waals surface area contributed by atoms with E-state index in [0.717, 1.165) is 12.8 Å². The Labute approximate surface area is 107 Å². The summed E-state index contributed by atoms with van der Waals surface area (Å²) in [6, 6.07) is 6.74. The number of unbranched alkanes of at least 4 members (excludes halogenated alkanes) is 1. The lowest BCUT2D eigenvalue weighted by Crippen LogP contribution is -2.12. The van der Waals surface area contributed by atoms with Gasteiger partial charge in [0.2, 0.25) is 0 Å². The highest BCUT2D eigenvalue weighted by molar-refractivity contribution is 6.20. The molecule has 0 aliphatic carbocycles. The molecule has 3 nitrogen and oxygen atoms in total. The van der Waals surface area contributed by atoms with Crippen LogP contribution in [-0.4, -0.2) is 18.6 Å². The SMILES string of the molecule is CCCCC(Cl)OC(=O)c1ccc(OC)cc1. The van der Waals surface area contributed by atoms with Crippen molar-refractivity contribution < 1.29 is 14.3 Å². The lowest BCUT2D eigenvalue weighted by Gasteiger charge is -2.10. The van der Waals surface area contributed by atoms with Crippen LogP contribution in [0.4, 0.5) is 0 Å². The van der Waals surface area contributed by atoms with Crippen molar-refractivity contribution in [2.24, 2.45) is 0 Å². The zero-order valence-corrected chi connectivity index (χ0v) is 10.9. The van der Waals surface area contributed by atoms with Gasteiger partial charge in [0.25, 0.3) is 0 Å². The number of esters is 1. The second-order valence-electron chi connectivity index (χ2n) is 3.69. The standard InChI is InChI=1S/C13H17ClO3/c1-3-4-5-12(14)17-13(15)10-6-8-11(16-2)9-7-10/h6-9,12H,3-5H2,1-2H3. The zero-order valence-electron chi connectivity index (χ0n) is 10.1. The largest absolute Gasteiger partial charge is 0.497 e. The van der Waals surface area contributed by atoms with E-state index in [1.807, 2.05) is 0 Å². The number of benzene rings is 1. The predicted molar refractivity (Wildman–Crippen MR) is 67.6 cm³/mol. The molecule has 1 atom stereocenters. The van der Waals surface area contributed by atoms with Crippen LogP contribution in [0.5, 0.6) is 5.75 Å². The van der Waals surface area contributed by atoms with Crippen LogP contribution in [0, 0.1) is 0 Å². The van der Waals surface area contributed by atoms with E-state index in [1.165, 1.54) is 0 Å². The van der Waals surface area contributed by atoms with Gasteiger partial charge in [-0.3, -0.25) is 0 Å². The summed E-state index contributed by atoms with van der Waals surface area (Å²) in [4.78, 5) is 11.7. The minimum absolute atomic E-state index is 0.399. The van der Waals surface area contributed by atoms with E-state index in [9.17, 15) is 4.79 Å². The van der Waals surface area contributed by atoms with Gasteiger partial charge in [0.15, 0.2) is 5.56 Å². The summed E-state index contributed by atoms with van der Waals surface area (Å²) in [5, 5.41) is 0. The molecule has 0 amide bonds. The summed E-state index contributed by atoms with van der Waals surface area (Å²) in [6.07, 6.45) is 2.66. The molecule has 1 aromatic rings. The molecule has 1 aromatic carbocycles. The normalized spacial score (nSPS) is 11.9. The number of hydrogen-bond donors (Lipinski definition) is 0. The van der Waals surface area contributed by atoms with E-state index in [4.69, 9.17) is 21.1 Å². The maximum atomic E-state index is 11.7. The molecule has 0 saturated carbocycles. The fraction of sp³-hybridized carbons (Fsp3) is 0.462. The Hall–Kier alpha value is -1.22. The minimum Gasteiger partial charge on any atom is -0.497 e. The van der Waals surface area contributed by atoms with Gasteiger partial charge in [-0.1, -0.05) is 24.9 Å².